The van der Waals surface area contributed by atoms with E-state index in [1.807, 2.05) is 13.8 Å². The number of nitrogens with one attached hydrogen (secondary N) is 1. The fourth-order valence-corrected chi connectivity index (χ4v) is 3.84. The van der Waals surface area contributed by atoms with Crippen molar-refractivity contribution in [1.82, 2.24) is 9.62 Å². The monoisotopic (exact) mass is 316 g/mol. The van der Waals surface area contributed by atoms with Crippen LogP contribution in [0.25, 0.3) is 0 Å². The van der Waals surface area contributed by atoms with Gasteiger partial charge >= 0.3 is 0 Å². The molecule has 4 nitrogen and oxygen atoms in total. The Morgan fingerprint density at radius 1 is 1.24 bits per heavy atom. The van der Waals surface area contributed by atoms with Crippen molar-refractivity contribution in [1.29, 1.82) is 0 Å². The highest BCUT2D eigenvalue weighted by atomic mass is 32.2. The summed E-state index contributed by atoms with van der Waals surface area (Å²) in [5.41, 5.74) is 0.813. The summed E-state index contributed by atoms with van der Waals surface area (Å²) in [4.78, 5) is 0.0618. The molecule has 21 heavy (non-hydrogen) atoms. The van der Waals surface area contributed by atoms with Crippen LogP contribution in [0.15, 0.2) is 17.0 Å². The summed E-state index contributed by atoms with van der Waals surface area (Å²) in [6.45, 7) is 10.2. The summed E-state index contributed by atoms with van der Waals surface area (Å²) >= 11 is 0. The van der Waals surface area contributed by atoms with Crippen LogP contribution < -0.4 is 5.32 Å². The van der Waals surface area contributed by atoms with Gasteiger partial charge in [0.15, 0.2) is 0 Å². The third-order valence-electron chi connectivity index (χ3n) is 3.39. The van der Waals surface area contributed by atoms with Gasteiger partial charge in [-0.2, -0.15) is 4.31 Å². The van der Waals surface area contributed by atoms with Crippen LogP contribution in [0, 0.1) is 12.7 Å². The molecule has 0 aliphatic carbocycles. The van der Waals surface area contributed by atoms with Gasteiger partial charge < -0.3 is 5.32 Å². The first kappa shape index (κ1) is 18.1. The maximum absolute atomic E-state index is 14.1. The highest BCUT2D eigenvalue weighted by molar-refractivity contribution is 7.89. The van der Waals surface area contributed by atoms with E-state index in [9.17, 15) is 12.8 Å². The van der Waals surface area contributed by atoms with E-state index >= 15 is 0 Å². The van der Waals surface area contributed by atoms with Crippen LogP contribution in [0.5, 0.6) is 0 Å². The molecule has 0 atom stereocenters. The molecule has 0 spiro atoms. The van der Waals surface area contributed by atoms with Crippen LogP contribution in [0.4, 0.5) is 4.39 Å². The Morgan fingerprint density at radius 3 is 2.29 bits per heavy atom. The van der Waals surface area contributed by atoms with Gasteiger partial charge in [0.05, 0.1) is 4.90 Å². The summed E-state index contributed by atoms with van der Waals surface area (Å²) < 4.78 is 40.6. The van der Waals surface area contributed by atoms with Gasteiger partial charge in [-0.3, -0.25) is 0 Å². The molecule has 0 fully saturated rings. The fraction of sp³-hybridized carbons (Fsp3) is 0.600. The van der Waals surface area contributed by atoms with Gasteiger partial charge in [-0.1, -0.05) is 27.7 Å². The molecule has 0 unspecified atom stereocenters. The Bertz CT molecular complexity index is 582. The molecule has 0 bridgehead atoms. The third-order valence-corrected chi connectivity index (χ3v) is 5.57. The molecule has 1 rings (SSSR count). The van der Waals surface area contributed by atoms with Crippen LogP contribution >= 0.6 is 0 Å². The Kier molecular flexibility index (Phi) is 6.31. The van der Waals surface area contributed by atoms with Gasteiger partial charge in [0.2, 0.25) is 10.0 Å². The molecule has 120 valence electrons. The van der Waals surface area contributed by atoms with E-state index in [1.165, 1.54) is 17.3 Å². The summed E-state index contributed by atoms with van der Waals surface area (Å²) in [5, 5.41) is 3.17. The molecule has 6 heteroatoms. The average Bonchev–Trinajstić information content (AvgIpc) is 2.40. The number of nitrogens with zero attached hydrogens (tertiary/aromatic N) is 1. The predicted octanol–water partition coefficient (Wildman–Crippen LogP) is 2.66. The Labute approximate surface area is 127 Å². The molecule has 0 aliphatic heterocycles. The number of hydrogen-bond donors (Lipinski definition) is 1. The molecule has 0 aliphatic rings. The first-order valence-corrected chi connectivity index (χ1v) is 8.70. The SMILES string of the molecule is CCN(CC)S(=O)(=O)c1cc(CNC(C)C)cc(F)c1C. The highest BCUT2D eigenvalue weighted by Gasteiger charge is 2.25. The lowest BCUT2D eigenvalue weighted by molar-refractivity contribution is 0.443. The smallest absolute Gasteiger partial charge is 0.243 e. The van der Waals surface area contributed by atoms with Gasteiger partial charge in [-0.15, -0.1) is 0 Å². The molecule has 0 aromatic heterocycles. The molecule has 0 radical (unpaired) electrons. The Hall–Kier alpha value is -0.980. The van der Waals surface area contributed by atoms with Crippen molar-refractivity contribution in [3.05, 3.63) is 29.1 Å². The Balaban J connectivity index is 3.28. The number of rotatable bonds is 7. The topological polar surface area (TPSA) is 49.4 Å². The number of hydrogen-bond acceptors (Lipinski definition) is 3. The van der Waals surface area contributed by atoms with Crippen LogP contribution in [0.2, 0.25) is 0 Å². The normalized spacial score (nSPS) is 12.4. The second-order valence-corrected chi connectivity index (χ2v) is 7.23. The number of sulfonamides is 1. The quantitative estimate of drug-likeness (QED) is 0.841. The molecule has 1 aromatic rings. The lowest BCUT2D eigenvalue weighted by atomic mass is 10.1. The summed E-state index contributed by atoms with van der Waals surface area (Å²) in [6.07, 6.45) is 0. The molecule has 0 saturated heterocycles. The first-order chi connectivity index (χ1) is 9.73. The average molecular weight is 316 g/mol. The van der Waals surface area contributed by atoms with E-state index < -0.39 is 15.8 Å². The minimum absolute atomic E-state index is 0.0618. The van der Waals surface area contributed by atoms with Gasteiger partial charge in [-0.25, -0.2) is 12.8 Å². The van der Waals surface area contributed by atoms with E-state index in [0.29, 0.717) is 25.2 Å². The van der Waals surface area contributed by atoms with Gasteiger partial charge in [0.1, 0.15) is 5.82 Å². The second-order valence-electron chi connectivity index (χ2n) is 5.33. The maximum atomic E-state index is 14.1. The molecule has 1 aromatic carbocycles. The molecular weight excluding hydrogens is 291 g/mol. The van der Waals surface area contributed by atoms with Crippen molar-refractivity contribution >= 4 is 10.0 Å². The van der Waals surface area contributed by atoms with Crippen LogP contribution in [-0.4, -0.2) is 31.9 Å². The number of benzene rings is 1. The van der Waals surface area contributed by atoms with E-state index in [4.69, 9.17) is 0 Å². The van der Waals surface area contributed by atoms with Crippen LogP contribution in [-0.2, 0) is 16.6 Å². The van der Waals surface area contributed by atoms with E-state index in [-0.39, 0.29) is 16.5 Å². The van der Waals surface area contributed by atoms with Gasteiger partial charge in [0, 0.05) is 31.2 Å². The maximum Gasteiger partial charge on any atom is 0.243 e. The van der Waals surface area contributed by atoms with Crippen LogP contribution in [0.3, 0.4) is 0 Å². The minimum Gasteiger partial charge on any atom is -0.310 e. The van der Waals surface area contributed by atoms with Crippen molar-refractivity contribution in [3.63, 3.8) is 0 Å². The minimum atomic E-state index is -3.65. The first-order valence-electron chi connectivity index (χ1n) is 7.26. The van der Waals surface area contributed by atoms with Gasteiger partial charge in [-0.05, 0) is 24.6 Å². The van der Waals surface area contributed by atoms with Crippen molar-refractivity contribution in [2.75, 3.05) is 13.1 Å². The van der Waals surface area contributed by atoms with Crippen molar-refractivity contribution < 1.29 is 12.8 Å². The summed E-state index contributed by atoms with van der Waals surface area (Å²) in [7, 11) is -3.65. The summed E-state index contributed by atoms with van der Waals surface area (Å²) in [5.74, 6) is -0.483. The van der Waals surface area contributed by atoms with E-state index in [1.54, 1.807) is 19.9 Å². The number of halogens is 1. The highest BCUT2D eigenvalue weighted by Crippen LogP contribution is 2.24. The lowest BCUT2D eigenvalue weighted by Crippen LogP contribution is -2.31. The lowest BCUT2D eigenvalue weighted by Gasteiger charge is -2.21. The van der Waals surface area contributed by atoms with Gasteiger partial charge in [0.25, 0.3) is 0 Å². The summed E-state index contributed by atoms with van der Waals surface area (Å²) in [6, 6.07) is 3.21. The molecule has 0 heterocycles. The standard InChI is InChI=1S/C15H25FN2O2S/c1-6-18(7-2)21(19,20)15-9-13(10-17-11(3)4)8-14(16)12(15)5/h8-9,11,17H,6-7,10H2,1-5H3. The zero-order valence-electron chi connectivity index (χ0n) is 13.4. The predicted molar refractivity (Wildman–Crippen MR) is 83.2 cm³/mol. The largest absolute Gasteiger partial charge is 0.310 e. The zero-order valence-corrected chi connectivity index (χ0v) is 14.2. The third kappa shape index (κ3) is 4.25. The van der Waals surface area contributed by atoms with Crippen LogP contribution in [0.1, 0.15) is 38.8 Å². The zero-order chi connectivity index (χ0) is 16.2. The van der Waals surface area contributed by atoms with E-state index in [0.717, 1.165) is 0 Å². The van der Waals surface area contributed by atoms with E-state index in [2.05, 4.69) is 5.32 Å². The second kappa shape index (κ2) is 7.33. The van der Waals surface area contributed by atoms with Crippen molar-refractivity contribution in [2.45, 2.75) is 52.1 Å². The Morgan fingerprint density at radius 2 is 1.81 bits per heavy atom. The fourth-order valence-electron chi connectivity index (χ4n) is 2.10. The van der Waals surface area contributed by atoms with Crippen molar-refractivity contribution in [3.8, 4) is 0 Å². The molecule has 0 amide bonds. The molecule has 1 N–H and O–H groups in total. The molecular formula is C15H25FN2O2S. The van der Waals surface area contributed by atoms with Crippen molar-refractivity contribution in [2.24, 2.45) is 0 Å². The molecule has 0 saturated carbocycles.